The Balaban J connectivity index is 3.42. The Morgan fingerprint density at radius 1 is 0.800 bits per heavy atom. The van der Waals surface area contributed by atoms with Crippen LogP contribution < -0.4 is 0 Å². The van der Waals surface area contributed by atoms with Crippen LogP contribution in [0.25, 0.3) is 0 Å². The Hall–Kier alpha value is 0.0969. The zero-order valence-electron chi connectivity index (χ0n) is 18.0. The molecule has 0 aliphatic heterocycles. The zero-order chi connectivity index (χ0) is 19.2. The van der Waals surface area contributed by atoms with Crippen LogP contribution in [0.5, 0.6) is 0 Å². The smallest absolute Gasteiger partial charge is 0.192 e. The minimum Gasteiger partial charge on any atom is -0.414 e. The van der Waals surface area contributed by atoms with Crippen molar-refractivity contribution in [1.29, 1.82) is 0 Å². The second-order valence-corrected chi connectivity index (χ2v) is 13.8. The van der Waals surface area contributed by atoms with Crippen LogP contribution in [0, 0.1) is 0 Å². The van der Waals surface area contributed by atoms with Gasteiger partial charge in [0.2, 0.25) is 0 Å². The lowest BCUT2D eigenvalue weighted by Crippen LogP contribution is -2.43. The Labute approximate surface area is 159 Å². The maximum Gasteiger partial charge on any atom is 0.192 e. The quantitative estimate of drug-likeness (QED) is 0.254. The van der Waals surface area contributed by atoms with Gasteiger partial charge in [-0.3, -0.25) is 0 Å². The molecule has 0 radical (unpaired) electrons. The molecule has 0 rings (SSSR count). The van der Waals surface area contributed by atoms with Crippen molar-refractivity contribution in [3.63, 3.8) is 0 Å². The van der Waals surface area contributed by atoms with Crippen LogP contribution in [0.3, 0.4) is 0 Å². The monoisotopic (exact) mass is 374 g/mol. The normalized spacial score (nSPS) is 14.0. The summed E-state index contributed by atoms with van der Waals surface area (Å²) in [6, 6.07) is 0. The number of aliphatic hydroxyl groups is 1. The van der Waals surface area contributed by atoms with Gasteiger partial charge >= 0.3 is 0 Å². The molecule has 0 aliphatic rings. The fraction of sp³-hybridized carbons (Fsp3) is 1.00. The van der Waals surface area contributed by atoms with E-state index < -0.39 is 14.4 Å². The first-order valence-electron chi connectivity index (χ1n) is 10.6. The summed E-state index contributed by atoms with van der Waals surface area (Å²) in [5.74, 6) is 0. The van der Waals surface area contributed by atoms with E-state index in [1.54, 1.807) is 0 Å². The first-order chi connectivity index (χ1) is 11.7. The standard InChI is InChI=1S/C21H46O3Si/c1-7-8-9-10-11-12-13-14-15-16-17-23-18-20(22)19-24-25(5,6)21(2,3)4/h20,22H,7-19H2,1-6H3. The summed E-state index contributed by atoms with van der Waals surface area (Å²) >= 11 is 0. The topological polar surface area (TPSA) is 38.7 Å². The fourth-order valence-corrected chi connectivity index (χ4v) is 3.52. The van der Waals surface area contributed by atoms with Gasteiger partial charge in [-0.05, 0) is 24.6 Å². The molecule has 0 aromatic carbocycles. The number of hydrogen-bond donors (Lipinski definition) is 1. The largest absolute Gasteiger partial charge is 0.414 e. The van der Waals surface area contributed by atoms with E-state index in [-0.39, 0.29) is 5.04 Å². The third-order valence-electron chi connectivity index (χ3n) is 5.40. The molecule has 4 heteroatoms. The van der Waals surface area contributed by atoms with Gasteiger partial charge in [-0.1, -0.05) is 85.5 Å². The molecule has 1 N–H and O–H groups in total. The molecule has 0 spiro atoms. The molecule has 0 aromatic heterocycles. The summed E-state index contributed by atoms with van der Waals surface area (Å²) in [5.41, 5.74) is 0. The molecule has 0 saturated carbocycles. The number of hydrogen-bond acceptors (Lipinski definition) is 3. The number of aliphatic hydroxyl groups excluding tert-OH is 1. The lowest BCUT2D eigenvalue weighted by atomic mass is 10.1. The van der Waals surface area contributed by atoms with Crippen molar-refractivity contribution in [2.75, 3.05) is 19.8 Å². The summed E-state index contributed by atoms with van der Waals surface area (Å²) in [6.07, 6.45) is 12.8. The first-order valence-corrected chi connectivity index (χ1v) is 13.5. The van der Waals surface area contributed by atoms with E-state index in [2.05, 4.69) is 40.8 Å². The predicted octanol–water partition coefficient (Wildman–Crippen LogP) is 6.31. The summed E-state index contributed by atoms with van der Waals surface area (Å²) < 4.78 is 11.6. The molecule has 0 bridgehead atoms. The van der Waals surface area contributed by atoms with Crippen LogP contribution in [0.2, 0.25) is 18.1 Å². The minimum absolute atomic E-state index is 0.184. The van der Waals surface area contributed by atoms with Crippen molar-refractivity contribution in [2.45, 2.75) is 116 Å². The van der Waals surface area contributed by atoms with Gasteiger partial charge in [0.25, 0.3) is 0 Å². The molecule has 0 aliphatic carbocycles. The molecule has 3 nitrogen and oxygen atoms in total. The lowest BCUT2D eigenvalue weighted by Gasteiger charge is -2.36. The van der Waals surface area contributed by atoms with Gasteiger partial charge in [0, 0.05) is 6.61 Å². The molecule has 0 heterocycles. The summed E-state index contributed by atoms with van der Waals surface area (Å²) in [4.78, 5) is 0. The summed E-state index contributed by atoms with van der Waals surface area (Å²) in [6.45, 7) is 14.9. The molecule has 0 amide bonds. The zero-order valence-corrected chi connectivity index (χ0v) is 19.0. The van der Waals surface area contributed by atoms with Gasteiger partial charge in [0.15, 0.2) is 8.32 Å². The van der Waals surface area contributed by atoms with Gasteiger partial charge in [0.05, 0.1) is 19.3 Å². The van der Waals surface area contributed by atoms with Crippen LogP contribution in [-0.4, -0.2) is 39.3 Å². The van der Waals surface area contributed by atoms with E-state index in [4.69, 9.17) is 9.16 Å². The van der Waals surface area contributed by atoms with Crippen LogP contribution in [0.4, 0.5) is 0 Å². The number of rotatable bonds is 16. The van der Waals surface area contributed by atoms with Gasteiger partial charge in [0.1, 0.15) is 0 Å². The maximum absolute atomic E-state index is 10.0. The van der Waals surface area contributed by atoms with E-state index in [0.717, 1.165) is 13.0 Å². The Bertz CT molecular complexity index is 300. The van der Waals surface area contributed by atoms with E-state index >= 15 is 0 Å². The van der Waals surface area contributed by atoms with E-state index in [0.29, 0.717) is 13.2 Å². The fourth-order valence-electron chi connectivity index (χ4n) is 2.48. The van der Waals surface area contributed by atoms with Gasteiger partial charge in [-0.2, -0.15) is 0 Å². The molecule has 0 fully saturated rings. The third-order valence-corrected chi connectivity index (χ3v) is 9.90. The van der Waals surface area contributed by atoms with Crippen molar-refractivity contribution >= 4 is 8.32 Å². The minimum atomic E-state index is -1.77. The van der Waals surface area contributed by atoms with Gasteiger partial charge < -0.3 is 14.3 Å². The van der Waals surface area contributed by atoms with Crippen molar-refractivity contribution in [3.8, 4) is 0 Å². The van der Waals surface area contributed by atoms with E-state index in [1.807, 2.05) is 0 Å². The lowest BCUT2D eigenvalue weighted by molar-refractivity contribution is 0.00808. The molecule has 0 aromatic rings. The second kappa shape index (κ2) is 14.2. The summed E-state index contributed by atoms with van der Waals surface area (Å²) in [7, 11) is -1.77. The Morgan fingerprint density at radius 2 is 1.28 bits per heavy atom. The molecular formula is C21H46O3Si. The molecule has 0 saturated heterocycles. The Morgan fingerprint density at radius 3 is 1.76 bits per heavy atom. The van der Waals surface area contributed by atoms with Crippen LogP contribution in [-0.2, 0) is 9.16 Å². The number of ether oxygens (including phenoxy) is 1. The van der Waals surface area contributed by atoms with E-state index in [1.165, 1.54) is 57.8 Å². The molecule has 1 atom stereocenters. The maximum atomic E-state index is 10.0. The van der Waals surface area contributed by atoms with Crippen LogP contribution in [0.15, 0.2) is 0 Å². The van der Waals surface area contributed by atoms with Crippen LogP contribution >= 0.6 is 0 Å². The first kappa shape index (κ1) is 25.1. The average Bonchev–Trinajstić information content (AvgIpc) is 2.53. The highest BCUT2D eigenvalue weighted by Gasteiger charge is 2.37. The molecule has 152 valence electrons. The van der Waals surface area contributed by atoms with Crippen LogP contribution in [0.1, 0.15) is 91.9 Å². The molecule has 25 heavy (non-hydrogen) atoms. The second-order valence-electron chi connectivity index (χ2n) is 8.98. The van der Waals surface area contributed by atoms with Crippen molar-refractivity contribution in [1.82, 2.24) is 0 Å². The van der Waals surface area contributed by atoms with Gasteiger partial charge in [-0.25, -0.2) is 0 Å². The van der Waals surface area contributed by atoms with Crippen molar-refractivity contribution in [2.24, 2.45) is 0 Å². The number of unbranched alkanes of at least 4 members (excludes halogenated alkanes) is 9. The van der Waals surface area contributed by atoms with E-state index in [9.17, 15) is 5.11 Å². The van der Waals surface area contributed by atoms with Crippen molar-refractivity contribution < 1.29 is 14.3 Å². The highest BCUT2D eigenvalue weighted by Crippen LogP contribution is 2.36. The third kappa shape index (κ3) is 13.9. The Kier molecular flexibility index (Phi) is 14.2. The predicted molar refractivity (Wildman–Crippen MR) is 112 cm³/mol. The molecular weight excluding hydrogens is 328 g/mol. The van der Waals surface area contributed by atoms with Gasteiger partial charge in [-0.15, -0.1) is 0 Å². The summed E-state index contributed by atoms with van der Waals surface area (Å²) in [5, 5.41) is 10.2. The highest BCUT2D eigenvalue weighted by atomic mass is 28.4. The highest BCUT2D eigenvalue weighted by molar-refractivity contribution is 6.74. The average molecular weight is 375 g/mol. The SMILES string of the molecule is CCCCCCCCCCCCOCC(O)CO[Si](C)(C)C(C)(C)C. The molecule has 1 unspecified atom stereocenters. The van der Waals surface area contributed by atoms with Crippen molar-refractivity contribution in [3.05, 3.63) is 0 Å².